The molecule has 2 aromatic rings. The van der Waals surface area contributed by atoms with Gasteiger partial charge in [-0.25, -0.2) is 4.79 Å². The van der Waals surface area contributed by atoms with Gasteiger partial charge in [0.2, 0.25) is 5.78 Å². The molecular weight excluding hydrogens is 387 g/mol. The fourth-order valence-electron chi connectivity index (χ4n) is 2.98. The second kappa shape index (κ2) is 8.46. The van der Waals surface area contributed by atoms with Crippen LogP contribution in [-0.4, -0.2) is 28.6 Å². The Morgan fingerprint density at radius 2 is 1.83 bits per heavy atom. The van der Waals surface area contributed by atoms with E-state index in [1.54, 1.807) is 13.8 Å². The molecule has 0 aliphatic carbocycles. The van der Waals surface area contributed by atoms with Crippen LogP contribution in [0.5, 0.6) is 0 Å². The monoisotopic (exact) mass is 407 g/mol. The second-order valence-corrected chi connectivity index (χ2v) is 6.58. The SMILES string of the molecule is CC(=O)c1c(C)[nH]c(C(=O)C(C)OC(=O)/C=C/c2cccc(C(F)(F)F)c2)c1C. The Hall–Kier alpha value is -3.16. The number of aromatic nitrogens is 1. The minimum absolute atomic E-state index is 0.165. The minimum atomic E-state index is -4.49. The molecule has 1 atom stereocenters. The van der Waals surface area contributed by atoms with Gasteiger partial charge in [0.05, 0.1) is 11.3 Å². The summed E-state index contributed by atoms with van der Waals surface area (Å²) < 4.78 is 43.2. The summed E-state index contributed by atoms with van der Waals surface area (Å²) in [6.07, 6.45) is -3.51. The van der Waals surface area contributed by atoms with Gasteiger partial charge in [0.25, 0.3) is 0 Å². The van der Waals surface area contributed by atoms with E-state index >= 15 is 0 Å². The number of H-pyrrole nitrogens is 1. The summed E-state index contributed by atoms with van der Waals surface area (Å²) in [5.41, 5.74) is 0.933. The molecule has 0 aliphatic rings. The highest BCUT2D eigenvalue weighted by atomic mass is 19.4. The number of rotatable bonds is 6. The van der Waals surface area contributed by atoms with Crippen molar-refractivity contribution in [1.29, 1.82) is 0 Å². The molecule has 5 nitrogen and oxygen atoms in total. The molecule has 1 heterocycles. The number of esters is 1. The van der Waals surface area contributed by atoms with Gasteiger partial charge in [-0.2, -0.15) is 13.2 Å². The molecule has 2 rings (SSSR count). The van der Waals surface area contributed by atoms with E-state index in [-0.39, 0.29) is 17.0 Å². The highest BCUT2D eigenvalue weighted by Crippen LogP contribution is 2.29. The largest absolute Gasteiger partial charge is 0.451 e. The topological polar surface area (TPSA) is 76.2 Å². The molecule has 8 heteroatoms. The lowest BCUT2D eigenvalue weighted by Gasteiger charge is -2.11. The molecule has 0 radical (unpaired) electrons. The zero-order chi connectivity index (χ0) is 21.9. The summed E-state index contributed by atoms with van der Waals surface area (Å²) in [4.78, 5) is 39.0. The number of benzene rings is 1. The Balaban J connectivity index is 2.09. The lowest BCUT2D eigenvalue weighted by Crippen LogP contribution is -2.24. The number of carbonyl (C=O) groups excluding carboxylic acids is 3. The molecule has 1 N–H and O–H groups in total. The fraction of sp³-hybridized carbons (Fsp3) is 0.286. The van der Waals surface area contributed by atoms with Crippen molar-refractivity contribution in [2.24, 2.45) is 0 Å². The summed E-state index contributed by atoms with van der Waals surface area (Å²) in [6, 6.07) is 4.45. The van der Waals surface area contributed by atoms with Gasteiger partial charge in [-0.15, -0.1) is 0 Å². The Morgan fingerprint density at radius 1 is 1.17 bits per heavy atom. The van der Waals surface area contributed by atoms with Gasteiger partial charge in [0.15, 0.2) is 11.9 Å². The van der Waals surface area contributed by atoms with Gasteiger partial charge in [0.1, 0.15) is 0 Å². The van der Waals surface area contributed by atoms with Gasteiger partial charge in [-0.3, -0.25) is 9.59 Å². The van der Waals surface area contributed by atoms with Crippen molar-refractivity contribution < 1.29 is 32.3 Å². The van der Waals surface area contributed by atoms with Crippen molar-refractivity contribution in [2.75, 3.05) is 0 Å². The third kappa shape index (κ3) is 5.22. The van der Waals surface area contributed by atoms with Crippen LogP contribution < -0.4 is 0 Å². The third-order valence-electron chi connectivity index (χ3n) is 4.32. The van der Waals surface area contributed by atoms with E-state index in [4.69, 9.17) is 4.74 Å². The van der Waals surface area contributed by atoms with Crippen LogP contribution >= 0.6 is 0 Å². The molecule has 0 fully saturated rings. The summed E-state index contributed by atoms with van der Waals surface area (Å²) in [7, 11) is 0. The maximum Gasteiger partial charge on any atom is 0.416 e. The zero-order valence-corrected chi connectivity index (χ0v) is 16.3. The van der Waals surface area contributed by atoms with E-state index in [0.717, 1.165) is 18.2 Å². The first-order chi connectivity index (χ1) is 13.4. The molecule has 0 saturated carbocycles. The van der Waals surface area contributed by atoms with E-state index in [9.17, 15) is 27.6 Å². The Kier molecular flexibility index (Phi) is 6.46. The Morgan fingerprint density at radius 3 is 2.38 bits per heavy atom. The molecule has 1 aromatic heterocycles. The number of alkyl halides is 3. The summed E-state index contributed by atoms with van der Waals surface area (Å²) in [5.74, 6) is -1.58. The van der Waals surface area contributed by atoms with Crippen LogP contribution in [0.3, 0.4) is 0 Å². The Labute approximate surface area is 165 Å². The molecule has 154 valence electrons. The molecule has 0 amide bonds. The van der Waals surface area contributed by atoms with Gasteiger partial charge in [-0.05, 0) is 57.0 Å². The van der Waals surface area contributed by atoms with Crippen molar-refractivity contribution >= 4 is 23.6 Å². The average Bonchev–Trinajstić information content (AvgIpc) is 2.93. The van der Waals surface area contributed by atoms with Crippen molar-refractivity contribution in [1.82, 2.24) is 4.98 Å². The first-order valence-corrected chi connectivity index (χ1v) is 8.72. The highest BCUT2D eigenvalue weighted by Gasteiger charge is 2.30. The number of hydrogen-bond acceptors (Lipinski definition) is 4. The first-order valence-electron chi connectivity index (χ1n) is 8.72. The van der Waals surface area contributed by atoms with E-state index in [1.165, 1.54) is 32.1 Å². The molecule has 29 heavy (non-hydrogen) atoms. The third-order valence-corrected chi connectivity index (χ3v) is 4.32. The quantitative estimate of drug-likeness (QED) is 0.429. The maximum absolute atomic E-state index is 12.7. The van der Waals surface area contributed by atoms with Crippen LogP contribution in [0.25, 0.3) is 6.08 Å². The van der Waals surface area contributed by atoms with E-state index < -0.39 is 29.6 Å². The molecule has 1 unspecified atom stereocenters. The average molecular weight is 407 g/mol. The van der Waals surface area contributed by atoms with Crippen molar-refractivity contribution in [3.05, 3.63) is 64.0 Å². The molecule has 0 bridgehead atoms. The number of aryl methyl sites for hydroxylation is 1. The van der Waals surface area contributed by atoms with Crippen molar-refractivity contribution in [3.8, 4) is 0 Å². The van der Waals surface area contributed by atoms with Crippen LogP contribution in [-0.2, 0) is 15.7 Å². The Bertz CT molecular complexity index is 986. The highest BCUT2D eigenvalue weighted by molar-refractivity contribution is 6.05. The second-order valence-electron chi connectivity index (χ2n) is 6.58. The van der Waals surface area contributed by atoms with Crippen LogP contribution in [0, 0.1) is 13.8 Å². The number of halogens is 3. The fourth-order valence-corrected chi connectivity index (χ4v) is 2.98. The lowest BCUT2D eigenvalue weighted by atomic mass is 10.0. The van der Waals surface area contributed by atoms with Crippen molar-refractivity contribution in [3.63, 3.8) is 0 Å². The number of aromatic amines is 1. The predicted molar refractivity (Wildman–Crippen MR) is 101 cm³/mol. The summed E-state index contributed by atoms with van der Waals surface area (Å²) >= 11 is 0. The number of nitrogens with one attached hydrogen (secondary N) is 1. The van der Waals surface area contributed by atoms with Crippen LogP contribution in [0.1, 0.15) is 57.1 Å². The number of ether oxygens (including phenoxy) is 1. The van der Waals surface area contributed by atoms with Gasteiger partial charge in [-0.1, -0.05) is 12.1 Å². The number of hydrogen-bond donors (Lipinski definition) is 1. The standard InChI is InChI=1S/C21H20F3NO4/c1-11-18(13(3)26)12(2)25-19(11)20(28)14(4)29-17(27)9-8-15-6-5-7-16(10-15)21(22,23)24/h5-10,14,25H,1-4H3/b9-8+. The number of carbonyl (C=O) groups is 3. The predicted octanol–water partition coefficient (Wildman–Crippen LogP) is 4.68. The lowest BCUT2D eigenvalue weighted by molar-refractivity contribution is -0.140. The molecule has 0 saturated heterocycles. The smallest absolute Gasteiger partial charge is 0.416 e. The molecule has 0 aliphatic heterocycles. The summed E-state index contributed by atoms with van der Waals surface area (Å²) in [5, 5.41) is 0. The van der Waals surface area contributed by atoms with Crippen LogP contribution in [0.15, 0.2) is 30.3 Å². The maximum atomic E-state index is 12.7. The van der Waals surface area contributed by atoms with E-state index in [2.05, 4.69) is 4.98 Å². The zero-order valence-electron chi connectivity index (χ0n) is 16.3. The molecule has 1 aromatic carbocycles. The van der Waals surface area contributed by atoms with Gasteiger partial charge >= 0.3 is 12.1 Å². The van der Waals surface area contributed by atoms with Crippen molar-refractivity contribution in [2.45, 2.75) is 40.0 Å². The molecule has 0 spiro atoms. The minimum Gasteiger partial charge on any atom is -0.451 e. The van der Waals surface area contributed by atoms with Crippen LogP contribution in [0.2, 0.25) is 0 Å². The number of Topliss-reactive ketones (excluding diaryl/α,β-unsaturated/α-hetero) is 2. The molecular formula is C21H20F3NO4. The number of ketones is 2. The van der Waals surface area contributed by atoms with E-state index in [1.807, 2.05) is 0 Å². The van der Waals surface area contributed by atoms with Gasteiger partial charge < -0.3 is 9.72 Å². The summed E-state index contributed by atoms with van der Waals surface area (Å²) in [6.45, 7) is 6.05. The van der Waals surface area contributed by atoms with Gasteiger partial charge in [0, 0.05) is 17.3 Å². The van der Waals surface area contributed by atoms with Crippen LogP contribution in [0.4, 0.5) is 13.2 Å². The van der Waals surface area contributed by atoms with E-state index in [0.29, 0.717) is 16.8 Å². The first kappa shape index (κ1) is 22.1. The normalized spacial score (nSPS) is 12.8.